The van der Waals surface area contributed by atoms with Gasteiger partial charge in [-0.15, -0.1) is 0 Å². The number of hydrogen-bond donors (Lipinski definition) is 1. The predicted octanol–water partition coefficient (Wildman–Crippen LogP) is 5.25. The molecular weight excluding hydrogens is 476 g/mol. The van der Waals surface area contributed by atoms with E-state index in [0.717, 1.165) is 16.2 Å². The fourth-order valence-electron chi connectivity index (χ4n) is 3.68. The van der Waals surface area contributed by atoms with Gasteiger partial charge in [-0.05, 0) is 0 Å². The summed E-state index contributed by atoms with van der Waals surface area (Å²) >= 11 is 0.120. The zero-order valence-electron chi connectivity index (χ0n) is 17.7. The summed E-state index contributed by atoms with van der Waals surface area (Å²) in [5.41, 5.74) is 1.11. The normalized spacial score (nSPS) is 13.2. The molecule has 2 nitrogen and oxygen atoms in total. The number of benzene rings is 4. The second-order valence-electron chi connectivity index (χ2n) is 7.43. The van der Waals surface area contributed by atoms with Gasteiger partial charge in [0, 0.05) is 0 Å². The Labute approximate surface area is 197 Å². The van der Waals surface area contributed by atoms with Crippen molar-refractivity contribution in [3.63, 3.8) is 0 Å². The van der Waals surface area contributed by atoms with Gasteiger partial charge in [-0.2, -0.15) is 0 Å². The Hall–Kier alpha value is -2.67. The van der Waals surface area contributed by atoms with Crippen molar-refractivity contribution in [2.24, 2.45) is 0 Å². The minimum absolute atomic E-state index is 0.119. The van der Waals surface area contributed by atoms with Crippen LogP contribution in [0.3, 0.4) is 0 Å². The van der Waals surface area contributed by atoms with E-state index in [-0.39, 0.29) is 25.8 Å². The third-order valence-electron chi connectivity index (χ3n) is 5.30. The molecule has 1 N–H and O–H groups in total. The molecule has 0 heterocycles. The van der Waals surface area contributed by atoms with Gasteiger partial charge in [0.25, 0.3) is 0 Å². The Kier molecular flexibility index (Phi) is 7.58. The van der Waals surface area contributed by atoms with Crippen molar-refractivity contribution >= 4 is 37.3 Å². The molecule has 160 valence electrons. The standard InChI is InChI=1S/C28H26NOPSe/c1-2-27(32-26-21-13-6-14-22-26)28(23-15-7-3-8-16-23)29-31(30,24-17-9-4-10-18-24)25-19-11-5-12-20-25/h2-22,27-28H,1H2,(H,29,30)/t27-,28-/m1/s1. The first kappa shape index (κ1) is 22.5. The molecule has 0 aliphatic heterocycles. The molecule has 0 bridgehead atoms. The average molecular weight is 502 g/mol. The van der Waals surface area contributed by atoms with Gasteiger partial charge < -0.3 is 0 Å². The topological polar surface area (TPSA) is 29.1 Å². The molecule has 4 rings (SSSR count). The van der Waals surface area contributed by atoms with E-state index in [2.05, 4.69) is 48.1 Å². The van der Waals surface area contributed by atoms with Crippen LogP contribution in [0.1, 0.15) is 11.6 Å². The maximum atomic E-state index is 14.7. The van der Waals surface area contributed by atoms with Crippen LogP contribution in [0.2, 0.25) is 4.82 Å². The summed E-state index contributed by atoms with van der Waals surface area (Å²) in [6, 6.07) is 40.2. The quantitative estimate of drug-likeness (QED) is 0.193. The first-order valence-corrected chi connectivity index (χ1v) is 14.1. The van der Waals surface area contributed by atoms with Gasteiger partial charge >= 0.3 is 197 Å². The van der Waals surface area contributed by atoms with Crippen molar-refractivity contribution < 1.29 is 4.57 Å². The molecule has 0 amide bonds. The van der Waals surface area contributed by atoms with Gasteiger partial charge in [-0.1, -0.05) is 0 Å². The maximum absolute atomic E-state index is 14.7. The molecule has 0 radical (unpaired) electrons. The van der Waals surface area contributed by atoms with E-state index in [0.29, 0.717) is 0 Å². The van der Waals surface area contributed by atoms with Gasteiger partial charge in [0.05, 0.1) is 0 Å². The molecule has 0 saturated carbocycles. The zero-order valence-corrected chi connectivity index (χ0v) is 20.4. The predicted molar refractivity (Wildman–Crippen MR) is 138 cm³/mol. The Morgan fingerprint density at radius 2 is 1.12 bits per heavy atom. The molecule has 4 aromatic rings. The summed E-state index contributed by atoms with van der Waals surface area (Å²) < 4.78 is 16.0. The Balaban J connectivity index is 1.79. The second kappa shape index (κ2) is 10.8. The first-order valence-electron chi connectivity index (χ1n) is 10.6. The van der Waals surface area contributed by atoms with Crippen LogP contribution in [0.25, 0.3) is 0 Å². The summed E-state index contributed by atoms with van der Waals surface area (Å²) in [7, 11) is -3.11. The molecule has 0 fully saturated rings. The summed E-state index contributed by atoms with van der Waals surface area (Å²) in [5.74, 6) is 0. The summed E-state index contributed by atoms with van der Waals surface area (Å²) in [5, 5.41) is 5.27. The zero-order chi connectivity index (χ0) is 22.2. The summed E-state index contributed by atoms with van der Waals surface area (Å²) in [4.78, 5) is 0.119. The van der Waals surface area contributed by atoms with Gasteiger partial charge in [0.15, 0.2) is 0 Å². The molecule has 0 aliphatic rings. The van der Waals surface area contributed by atoms with E-state index >= 15 is 0 Å². The van der Waals surface area contributed by atoms with Crippen LogP contribution in [-0.4, -0.2) is 15.0 Å². The number of nitrogens with one attached hydrogen (secondary N) is 1. The van der Waals surface area contributed by atoms with Crippen molar-refractivity contribution in [3.8, 4) is 0 Å². The molecule has 0 unspecified atom stereocenters. The monoisotopic (exact) mass is 503 g/mol. The van der Waals surface area contributed by atoms with Crippen LogP contribution >= 0.6 is 7.29 Å². The molecule has 32 heavy (non-hydrogen) atoms. The van der Waals surface area contributed by atoms with Crippen molar-refractivity contribution in [2.45, 2.75) is 10.9 Å². The SMILES string of the molecule is C=C[C@@H]([Se]c1ccccc1)[C@H](NP(=O)(c1ccccc1)c1ccccc1)c1ccccc1. The third kappa shape index (κ3) is 5.21. The molecule has 0 saturated heterocycles. The van der Waals surface area contributed by atoms with Crippen LogP contribution in [0.15, 0.2) is 134 Å². The molecule has 0 aromatic heterocycles. The molecule has 0 spiro atoms. The van der Waals surface area contributed by atoms with Crippen LogP contribution in [0.5, 0.6) is 0 Å². The molecule has 4 heteroatoms. The van der Waals surface area contributed by atoms with E-state index in [1.165, 1.54) is 4.46 Å². The van der Waals surface area contributed by atoms with E-state index < -0.39 is 7.29 Å². The van der Waals surface area contributed by atoms with Gasteiger partial charge in [-0.25, -0.2) is 0 Å². The van der Waals surface area contributed by atoms with Gasteiger partial charge in [-0.3, -0.25) is 0 Å². The van der Waals surface area contributed by atoms with Gasteiger partial charge in [0.2, 0.25) is 0 Å². The van der Waals surface area contributed by atoms with Crippen molar-refractivity contribution in [1.82, 2.24) is 5.09 Å². The van der Waals surface area contributed by atoms with E-state index in [4.69, 9.17) is 0 Å². The number of hydrogen-bond acceptors (Lipinski definition) is 1. The Bertz CT molecular complexity index is 1120. The Morgan fingerprint density at radius 3 is 1.59 bits per heavy atom. The minimum atomic E-state index is -3.11. The van der Waals surface area contributed by atoms with Crippen LogP contribution in [0.4, 0.5) is 0 Å². The van der Waals surface area contributed by atoms with Gasteiger partial charge in [0.1, 0.15) is 0 Å². The summed E-state index contributed by atoms with van der Waals surface area (Å²) in [6.07, 6.45) is 2.01. The molecule has 4 aromatic carbocycles. The van der Waals surface area contributed by atoms with Crippen LogP contribution < -0.4 is 20.2 Å². The Morgan fingerprint density at radius 1 is 0.688 bits per heavy atom. The fraction of sp³-hybridized carbons (Fsp3) is 0.0714. The van der Waals surface area contributed by atoms with Crippen LogP contribution in [0, 0.1) is 0 Å². The first-order chi connectivity index (χ1) is 15.7. The third-order valence-corrected chi connectivity index (χ3v) is 10.7. The van der Waals surface area contributed by atoms with E-state index in [9.17, 15) is 4.57 Å². The second-order valence-corrected chi connectivity index (χ2v) is 12.6. The van der Waals surface area contributed by atoms with E-state index in [1.807, 2.05) is 91.0 Å². The average Bonchev–Trinajstić information content (AvgIpc) is 2.88. The fourth-order valence-corrected chi connectivity index (χ4v) is 8.66. The molecular formula is C28H26NOPSe. The van der Waals surface area contributed by atoms with Crippen molar-refractivity contribution in [3.05, 3.63) is 140 Å². The summed E-state index contributed by atoms with van der Waals surface area (Å²) in [6.45, 7) is 4.17. The van der Waals surface area contributed by atoms with Crippen molar-refractivity contribution in [1.29, 1.82) is 0 Å². The molecule has 0 aliphatic carbocycles. The number of rotatable bonds is 9. The van der Waals surface area contributed by atoms with E-state index in [1.54, 1.807) is 0 Å². The molecule has 2 atom stereocenters. The van der Waals surface area contributed by atoms with Crippen molar-refractivity contribution in [2.75, 3.05) is 0 Å². The van der Waals surface area contributed by atoms with Crippen LogP contribution in [-0.2, 0) is 4.57 Å².